The molecule has 1 heterocycles. The highest BCUT2D eigenvalue weighted by Gasteiger charge is 2.18. The molecule has 0 unspecified atom stereocenters. The SMILES string of the molecule is Cc1cc(C(=O)O)n(CC2CCCCC2)n1. The Morgan fingerprint density at radius 2 is 2.19 bits per heavy atom. The van der Waals surface area contributed by atoms with Gasteiger partial charge in [0.25, 0.3) is 0 Å². The van der Waals surface area contributed by atoms with Crippen molar-refractivity contribution < 1.29 is 9.90 Å². The summed E-state index contributed by atoms with van der Waals surface area (Å²) in [6.07, 6.45) is 6.27. The molecule has 0 aromatic carbocycles. The molecule has 1 saturated carbocycles. The van der Waals surface area contributed by atoms with Gasteiger partial charge in [0.1, 0.15) is 5.69 Å². The molecule has 1 aromatic rings. The quantitative estimate of drug-likeness (QED) is 0.854. The summed E-state index contributed by atoms with van der Waals surface area (Å²) in [6, 6.07) is 1.64. The number of aromatic carboxylic acids is 1. The second-order valence-electron chi connectivity index (χ2n) is 4.66. The van der Waals surface area contributed by atoms with Crippen LogP contribution >= 0.6 is 0 Å². The Morgan fingerprint density at radius 3 is 2.81 bits per heavy atom. The first-order valence-electron chi connectivity index (χ1n) is 5.94. The molecule has 0 atom stereocenters. The van der Waals surface area contributed by atoms with Gasteiger partial charge in [-0.2, -0.15) is 5.10 Å². The topological polar surface area (TPSA) is 55.1 Å². The fourth-order valence-electron chi connectivity index (χ4n) is 2.47. The summed E-state index contributed by atoms with van der Waals surface area (Å²) < 4.78 is 1.66. The highest BCUT2D eigenvalue weighted by atomic mass is 16.4. The Labute approximate surface area is 95.3 Å². The molecular weight excluding hydrogens is 204 g/mol. The van der Waals surface area contributed by atoms with Gasteiger partial charge in [-0.15, -0.1) is 0 Å². The van der Waals surface area contributed by atoms with Gasteiger partial charge in [0, 0.05) is 6.54 Å². The summed E-state index contributed by atoms with van der Waals surface area (Å²) >= 11 is 0. The molecule has 88 valence electrons. The number of carbonyl (C=O) groups is 1. The molecule has 0 aliphatic heterocycles. The highest BCUT2D eigenvalue weighted by Crippen LogP contribution is 2.25. The molecule has 0 saturated heterocycles. The molecule has 4 heteroatoms. The van der Waals surface area contributed by atoms with E-state index in [1.54, 1.807) is 10.7 Å². The Bertz CT molecular complexity index is 378. The summed E-state index contributed by atoms with van der Waals surface area (Å²) in [7, 11) is 0. The normalized spacial score (nSPS) is 17.6. The summed E-state index contributed by atoms with van der Waals surface area (Å²) in [4.78, 5) is 11.0. The van der Waals surface area contributed by atoms with Gasteiger partial charge in [0.2, 0.25) is 0 Å². The standard InChI is InChI=1S/C12H18N2O2/c1-9-7-11(12(15)16)14(13-9)8-10-5-3-2-4-6-10/h7,10H,2-6,8H2,1H3,(H,15,16). The van der Waals surface area contributed by atoms with Crippen molar-refractivity contribution in [2.45, 2.75) is 45.6 Å². The molecule has 1 aliphatic carbocycles. The maximum Gasteiger partial charge on any atom is 0.354 e. The third-order valence-electron chi connectivity index (χ3n) is 3.28. The van der Waals surface area contributed by atoms with Crippen molar-refractivity contribution in [2.75, 3.05) is 0 Å². The summed E-state index contributed by atoms with van der Waals surface area (Å²) in [5.74, 6) is -0.275. The minimum atomic E-state index is -0.878. The van der Waals surface area contributed by atoms with E-state index in [-0.39, 0.29) is 0 Å². The minimum Gasteiger partial charge on any atom is -0.477 e. The Hall–Kier alpha value is -1.32. The largest absolute Gasteiger partial charge is 0.477 e. The number of nitrogens with zero attached hydrogens (tertiary/aromatic N) is 2. The number of aromatic nitrogens is 2. The van der Waals surface area contributed by atoms with E-state index in [0.717, 1.165) is 12.2 Å². The molecule has 0 bridgehead atoms. The number of carboxylic acids is 1. The van der Waals surface area contributed by atoms with Crippen LogP contribution in [0.1, 0.15) is 48.3 Å². The fourth-order valence-corrected chi connectivity index (χ4v) is 2.47. The third-order valence-corrected chi connectivity index (χ3v) is 3.28. The zero-order valence-corrected chi connectivity index (χ0v) is 9.65. The highest BCUT2D eigenvalue weighted by molar-refractivity contribution is 5.85. The van der Waals surface area contributed by atoms with Gasteiger partial charge in [-0.3, -0.25) is 4.68 Å². The van der Waals surface area contributed by atoms with Crippen LogP contribution in [-0.2, 0) is 6.54 Å². The predicted octanol–water partition coefficient (Wildman–Crippen LogP) is 2.47. The fraction of sp³-hybridized carbons (Fsp3) is 0.667. The average Bonchev–Trinajstić information content (AvgIpc) is 2.61. The lowest BCUT2D eigenvalue weighted by molar-refractivity contribution is 0.0681. The van der Waals surface area contributed by atoms with Crippen LogP contribution in [0.15, 0.2) is 6.07 Å². The molecule has 1 aromatic heterocycles. The molecule has 1 N–H and O–H groups in total. The smallest absolute Gasteiger partial charge is 0.354 e. The lowest BCUT2D eigenvalue weighted by Gasteiger charge is -2.21. The van der Waals surface area contributed by atoms with E-state index in [1.807, 2.05) is 6.92 Å². The maximum absolute atomic E-state index is 11.0. The molecule has 1 fully saturated rings. The van der Waals surface area contributed by atoms with Gasteiger partial charge in [0.05, 0.1) is 5.69 Å². The van der Waals surface area contributed by atoms with Crippen LogP contribution in [0.25, 0.3) is 0 Å². The first kappa shape index (κ1) is 11.2. The number of aryl methyl sites for hydroxylation is 1. The van der Waals surface area contributed by atoms with Crippen LogP contribution < -0.4 is 0 Å². The van der Waals surface area contributed by atoms with Crippen LogP contribution in [0.2, 0.25) is 0 Å². The van der Waals surface area contributed by atoms with Crippen molar-refractivity contribution >= 4 is 5.97 Å². The van der Waals surface area contributed by atoms with E-state index in [0.29, 0.717) is 11.6 Å². The zero-order chi connectivity index (χ0) is 11.5. The van der Waals surface area contributed by atoms with Crippen molar-refractivity contribution in [2.24, 2.45) is 5.92 Å². The number of hydrogen-bond donors (Lipinski definition) is 1. The second-order valence-corrected chi connectivity index (χ2v) is 4.66. The number of hydrogen-bond acceptors (Lipinski definition) is 2. The van der Waals surface area contributed by atoms with E-state index in [2.05, 4.69) is 5.10 Å². The van der Waals surface area contributed by atoms with Crippen LogP contribution in [0, 0.1) is 12.8 Å². The molecule has 2 rings (SSSR count). The maximum atomic E-state index is 11.0. The van der Waals surface area contributed by atoms with Crippen LogP contribution in [0.3, 0.4) is 0 Å². The summed E-state index contributed by atoms with van der Waals surface area (Å²) in [6.45, 7) is 2.60. The monoisotopic (exact) mass is 222 g/mol. The molecule has 4 nitrogen and oxygen atoms in total. The third kappa shape index (κ3) is 2.43. The zero-order valence-electron chi connectivity index (χ0n) is 9.65. The van der Waals surface area contributed by atoms with Gasteiger partial charge in [-0.25, -0.2) is 4.79 Å². The van der Waals surface area contributed by atoms with E-state index < -0.39 is 5.97 Å². The van der Waals surface area contributed by atoms with Crippen LogP contribution in [0.5, 0.6) is 0 Å². The predicted molar refractivity (Wildman–Crippen MR) is 60.5 cm³/mol. The molecule has 0 spiro atoms. The Morgan fingerprint density at radius 1 is 1.50 bits per heavy atom. The Balaban J connectivity index is 2.10. The van der Waals surface area contributed by atoms with Gasteiger partial charge < -0.3 is 5.11 Å². The van der Waals surface area contributed by atoms with Crippen molar-refractivity contribution in [1.82, 2.24) is 9.78 Å². The van der Waals surface area contributed by atoms with Gasteiger partial charge >= 0.3 is 5.97 Å². The van der Waals surface area contributed by atoms with E-state index in [4.69, 9.17) is 5.11 Å². The minimum absolute atomic E-state index is 0.322. The molecule has 1 aliphatic rings. The van der Waals surface area contributed by atoms with Gasteiger partial charge in [-0.05, 0) is 31.7 Å². The van der Waals surface area contributed by atoms with Crippen molar-refractivity contribution in [3.8, 4) is 0 Å². The van der Waals surface area contributed by atoms with Crippen molar-refractivity contribution in [3.05, 3.63) is 17.5 Å². The lowest BCUT2D eigenvalue weighted by Crippen LogP contribution is -2.18. The molecular formula is C12H18N2O2. The Kier molecular flexibility index (Phi) is 3.27. The average molecular weight is 222 g/mol. The number of carboxylic acid groups (broad SMARTS) is 1. The van der Waals surface area contributed by atoms with E-state index in [9.17, 15) is 4.79 Å². The lowest BCUT2D eigenvalue weighted by atomic mass is 9.89. The molecule has 16 heavy (non-hydrogen) atoms. The number of rotatable bonds is 3. The second kappa shape index (κ2) is 4.68. The summed E-state index contributed by atoms with van der Waals surface area (Å²) in [5, 5.41) is 13.3. The van der Waals surface area contributed by atoms with E-state index in [1.165, 1.54) is 32.1 Å². The van der Waals surface area contributed by atoms with Crippen molar-refractivity contribution in [3.63, 3.8) is 0 Å². The molecule has 0 amide bonds. The van der Waals surface area contributed by atoms with Gasteiger partial charge in [0.15, 0.2) is 0 Å². The molecule has 0 radical (unpaired) electrons. The summed E-state index contributed by atoms with van der Waals surface area (Å²) in [5.41, 5.74) is 1.11. The van der Waals surface area contributed by atoms with E-state index >= 15 is 0 Å². The van der Waals surface area contributed by atoms with Crippen LogP contribution in [0.4, 0.5) is 0 Å². The van der Waals surface area contributed by atoms with Crippen LogP contribution in [-0.4, -0.2) is 20.9 Å². The van der Waals surface area contributed by atoms with Crippen molar-refractivity contribution in [1.29, 1.82) is 0 Å². The first-order chi connectivity index (χ1) is 7.66. The first-order valence-corrected chi connectivity index (χ1v) is 5.94. The van der Waals surface area contributed by atoms with Gasteiger partial charge in [-0.1, -0.05) is 19.3 Å².